The summed E-state index contributed by atoms with van der Waals surface area (Å²) in [4.78, 5) is 4.19. The number of nitrogens with one attached hydrogen (secondary N) is 1. The van der Waals surface area contributed by atoms with Crippen LogP contribution in [-0.2, 0) is 4.74 Å². The van der Waals surface area contributed by atoms with E-state index in [2.05, 4.69) is 29.5 Å². The van der Waals surface area contributed by atoms with Crippen molar-refractivity contribution in [3.8, 4) is 0 Å². The third kappa shape index (κ3) is 2.36. The summed E-state index contributed by atoms with van der Waals surface area (Å²) in [5.41, 5.74) is 3.98. The van der Waals surface area contributed by atoms with Gasteiger partial charge in [-0.05, 0) is 23.4 Å². The van der Waals surface area contributed by atoms with Crippen molar-refractivity contribution in [1.82, 2.24) is 10.4 Å². The van der Waals surface area contributed by atoms with Gasteiger partial charge in [0.2, 0.25) is 0 Å². The summed E-state index contributed by atoms with van der Waals surface area (Å²) in [6, 6.07) is 8.13. The van der Waals surface area contributed by atoms with Crippen molar-refractivity contribution in [3.05, 3.63) is 42.2 Å². The minimum absolute atomic E-state index is 0.0344. The number of nitrogens with zero attached hydrogens (tertiary/aromatic N) is 1. The Morgan fingerprint density at radius 1 is 1.39 bits per heavy atom. The average Bonchev–Trinajstić information content (AvgIpc) is 2.44. The predicted molar refractivity (Wildman–Crippen MR) is 72.9 cm³/mol. The fraction of sp³-hybridized carbons (Fsp3) is 0.357. The van der Waals surface area contributed by atoms with Crippen LogP contribution in [0.25, 0.3) is 10.8 Å². The molecule has 0 spiro atoms. The van der Waals surface area contributed by atoms with Gasteiger partial charge in [-0.3, -0.25) is 16.3 Å². The number of methoxy groups -OCH3 is 1. The molecule has 2 unspecified atom stereocenters. The lowest BCUT2D eigenvalue weighted by Gasteiger charge is -2.25. The Hall–Kier alpha value is -1.49. The highest BCUT2D eigenvalue weighted by Crippen LogP contribution is 2.27. The Kier molecular flexibility index (Phi) is 4.25. The van der Waals surface area contributed by atoms with E-state index >= 15 is 0 Å². The number of hydrogen-bond donors (Lipinski definition) is 2. The molecule has 1 aromatic carbocycles. The fourth-order valence-electron chi connectivity index (χ4n) is 2.34. The molecule has 3 N–H and O–H groups in total. The first-order valence-electron chi connectivity index (χ1n) is 6.13. The molecule has 0 aliphatic carbocycles. The first-order valence-corrected chi connectivity index (χ1v) is 6.13. The van der Waals surface area contributed by atoms with E-state index in [-0.39, 0.29) is 12.1 Å². The molecule has 1 aromatic heterocycles. The number of ether oxygens (including phenoxy) is 1. The minimum Gasteiger partial charge on any atom is -0.379 e. The number of fused-ring (bicyclic) bond motifs is 1. The van der Waals surface area contributed by atoms with Crippen LogP contribution in [0, 0.1) is 0 Å². The molecule has 4 nitrogen and oxygen atoms in total. The van der Waals surface area contributed by atoms with Gasteiger partial charge < -0.3 is 4.74 Å². The smallest absolute Gasteiger partial charge is 0.0776 e. The summed E-state index contributed by atoms with van der Waals surface area (Å²) in [7, 11) is 1.71. The lowest BCUT2D eigenvalue weighted by molar-refractivity contribution is 0.0655. The molecule has 1 heterocycles. The van der Waals surface area contributed by atoms with Crippen LogP contribution in [-0.4, -0.2) is 18.2 Å². The van der Waals surface area contributed by atoms with Crippen LogP contribution in [0.1, 0.15) is 24.9 Å². The summed E-state index contributed by atoms with van der Waals surface area (Å²) in [6.45, 7) is 2.09. The van der Waals surface area contributed by atoms with Gasteiger partial charge in [0.1, 0.15) is 0 Å². The Morgan fingerprint density at radius 3 is 2.89 bits per heavy atom. The minimum atomic E-state index is -0.0344. The maximum absolute atomic E-state index is 5.70. The number of nitrogens with two attached hydrogens (primary N) is 1. The van der Waals surface area contributed by atoms with Crippen LogP contribution < -0.4 is 11.3 Å². The molecule has 2 rings (SSSR count). The third-order valence-corrected chi connectivity index (χ3v) is 3.31. The SMILES string of the molecule is CCC(OC)C(NN)c1cccc2ccncc12. The Morgan fingerprint density at radius 2 is 2.22 bits per heavy atom. The lowest BCUT2D eigenvalue weighted by atomic mass is 9.95. The highest BCUT2D eigenvalue weighted by molar-refractivity contribution is 5.85. The van der Waals surface area contributed by atoms with Gasteiger partial charge in [-0.25, -0.2) is 0 Å². The molecule has 0 fully saturated rings. The molecule has 0 aliphatic heterocycles. The van der Waals surface area contributed by atoms with Crippen molar-refractivity contribution >= 4 is 10.8 Å². The second-order valence-electron chi connectivity index (χ2n) is 4.27. The second-order valence-corrected chi connectivity index (χ2v) is 4.27. The fourth-order valence-corrected chi connectivity index (χ4v) is 2.34. The quantitative estimate of drug-likeness (QED) is 0.626. The molecule has 0 bridgehead atoms. The molecular formula is C14H19N3O. The molecule has 0 radical (unpaired) electrons. The van der Waals surface area contributed by atoms with Gasteiger partial charge in [-0.15, -0.1) is 0 Å². The predicted octanol–water partition coefficient (Wildman–Crippen LogP) is 2.16. The van der Waals surface area contributed by atoms with Gasteiger partial charge in [-0.2, -0.15) is 0 Å². The number of aromatic nitrogens is 1. The second kappa shape index (κ2) is 5.91. The van der Waals surface area contributed by atoms with Crippen LogP contribution >= 0.6 is 0 Å². The normalized spacial score (nSPS) is 14.6. The molecule has 2 aromatic rings. The summed E-state index contributed by atoms with van der Waals surface area (Å²) in [6.07, 6.45) is 4.60. The zero-order valence-corrected chi connectivity index (χ0v) is 10.8. The largest absolute Gasteiger partial charge is 0.379 e. The van der Waals surface area contributed by atoms with Crippen LogP contribution in [0.2, 0.25) is 0 Å². The van der Waals surface area contributed by atoms with Gasteiger partial charge in [-0.1, -0.05) is 25.1 Å². The maximum atomic E-state index is 5.70. The van der Waals surface area contributed by atoms with Crippen molar-refractivity contribution in [2.24, 2.45) is 5.84 Å². The lowest BCUT2D eigenvalue weighted by Crippen LogP contribution is -2.37. The number of rotatable bonds is 5. The van der Waals surface area contributed by atoms with E-state index in [4.69, 9.17) is 10.6 Å². The topological polar surface area (TPSA) is 60.2 Å². The van der Waals surface area contributed by atoms with Crippen LogP contribution in [0.4, 0.5) is 0 Å². The Balaban J connectivity index is 2.51. The third-order valence-electron chi connectivity index (χ3n) is 3.31. The molecule has 18 heavy (non-hydrogen) atoms. The summed E-state index contributed by atoms with van der Waals surface area (Å²) in [5, 5.41) is 2.27. The average molecular weight is 245 g/mol. The molecular weight excluding hydrogens is 226 g/mol. The standard InChI is InChI=1S/C14H19N3O/c1-3-13(18-2)14(17-15)11-6-4-5-10-7-8-16-9-12(10)11/h4-9,13-14,17H,3,15H2,1-2H3. The van der Waals surface area contributed by atoms with Crippen LogP contribution in [0.15, 0.2) is 36.7 Å². The molecule has 4 heteroatoms. The van der Waals surface area contributed by atoms with Crippen LogP contribution in [0.5, 0.6) is 0 Å². The Bertz CT molecular complexity index is 506. The molecule has 0 aliphatic rings. The van der Waals surface area contributed by atoms with E-state index in [9.17, 15) is 0 Å². The zero-order chi connectivity index (χ0) is 13.0. The number of pyridine rings is 1. The molecule has 2 atom stereocenters. The van der Waals surface area contributed by atoms with Crippen LogP contribution in [0.3, 0.4) is 0 Å². The van der Waals surface area contributed by atoms with Crippen molar-refractivity contribution in [1.29, 1.82) is 0 Å². The Labute approximate surface area is 107 Å². The van der Waals surface area contributed by atoms with E-state index in [1.54, 1.807) is 13.3 Å². The van der Waals surface area contributed by atoms with Crippen molar-refractivity contribution in [3.63, 3.8) is 0 Å². The van der Waals surface area contributed by atoms with Gasteiger partial charge in [0.25, 0.3) is 0 Å². The zero-order valence-electron chi connectivity index (χ0n) is 10.8. The van der Waals surface area contributed by atoms with Crippen molar-refractivity contribution in [2.45, 2.75) is 25.5 Å². The summed E-state index contributed by atoms with van der Waals surface area (Å²) >= 11 is 0. The molecule has 96 valence electrons. The number of hydrogen-bond acceptors (Lipinski definition) is 4. The monoisotopic (exact) mass is 245 g/mol. The molecule has 0 amide bonds. The molecule has 0 saturated carbocycles. The van der Waals surface area contributed by atoms with E-state index in [1.165, 1.54) is 0 Å². The van der Waals surface area contributed by atoms with E-state index in [0.717, 1.165) is 22.8 Å². The number of benzene rings is 1. The highest BCUT2D eigenvalue weighted by Gasteiger charge is 2.21. The van der Waals surface area contributed by atoms with E-state index in [0.29, 0.717) is 0 Å². The highest BCUT2D eigenvalue weighted by atomic mass is 16.5. The van der Waals surface area contributed by atoms with Gasteiger partial charge in [0.15, 0.2) is 0 Å². The maximum Gasteiger partial charge on any atom is 0.0776 e. The van der Waals surface area contributed by atoms with E-state index < -0.39 is 0 Å². The van der Waals surface area contributed by atoms with E-state index in [1.807, 2.05) is 18.3 Å². The summed E-state index contributed by atoms with van der Waals surface area (Å²) < 4.78 is 5.49. The van der Waals surface area contributed by atoms with Crippen molar-refractivity contribution in [2.75, 3.05) is 7.11 Å². The van der Waals surface area contributed by atoms with Gasteiger partial charge in [0, 0.05) is 24.9 Å². The van der Waals surface area contributed by atoms with Gasteiger partial charge >= 0.3 is 0 Å². The summed E-state index contributed by atoms with van der Waals surface area (Å²) in [5.74, 6) is 5.70. The van der Waals surface area contributed by atoms with Crippen molar-refractivity contribution < 1.29 is 4.74 Å². The first kappa shape index (κ1) is 13.0. The molecule has 0 saturated heterocycles. The first-order chi connectivity index (χ1) is 8.81. The number of hydrazine groups is 1. The van der Waals surface area contributed by atoms with Gasteiger partial charge in [0.05, 0.1) is 12.1 Å².